The van der Waals surface area contributed by atoms with Gasteiger partial charge in [-0.15, -0.1) is 0 Å². The number of likely N-dealkylation sites (N-methyl/N-ethyl adjacent to an activating group) is 1. The van der Waals surface area contributed by atoms with E-state index < -0.39 is 10.0 Å². The van der Waals surface area contributed by atoms with Gasteiger partial charge in [-0.2, -0.15) is 0 Å². The molecular weight excluding hydrogens is 224 g/mol. The van der Waals surface area contributed by atoms with Gasteiger partial charge in [0, 0.05) is 32.4 Å². The van der Waals surface area contributed by atoms with Crippen molar-refractivity contribution < 1.29 is 8.42 Å². The zero-order valence-corrected chi connectivity index (χ0v) is 10.2. The highest BCUT2D eigenvalue weighted by Gasteiger charge is 2.23. The summed E-state index contributed by atoms with van der Waals surface area (Å²) in [5.74, 6) is 0.193. The van der Waals surface area contributed by atoms with E-state index >= 15 is 0 Å². The van der Waals surface area contributed by atoms with Crippen LogP contribution in [0.15, 0.2) is 30.3 Å². The number of nitrogens with zero attached hydrogens (tertiary/aromatic N) is 2. The Morgan fingerprint density at radius 1 is 1.06 bits per heavy atom. The Hall–Kier alpha value is -1.07. The second-order valence-electron chi connectivity index (χ2n) is 3.96. The van der Waals surface area contributed by atoms with Crippen molar-refractivity contribution in [2.45, 2.75) is 0 Å². The van der Waals surface area contributed by atoms with Gasteiger partial charge < -0.3 is 4.90 Å². The highest BCUT2D eigenvalue weighted by Crippen LogP contribution is 2.15. The van der Waals surface area contributed by atoms with E-state index in [-0.39, 0.29) is 5.75 Å². The molecule has 0 saturated carbocycles. The largest absolute Gasteiger partial charge is 0.369 e. The van der Waals surface area contributed by atoms with Crippen LogP contribution in [0.1, 0.15) is 0 Å². The highest BCUT2D eigenvalue weighted by atomic mass is 32.2. The van der Waals surface area contributed by atoms with Crippen LogP contribution in [0, 0.1) is 0 Å². The fourth-order valence-electron chi connectivity index (χ4n) is 1.79. The minimum absolute atomic E-state index is 0.193. The number of para-hydroxylation sites is 1. The second-order valence-corrected chi connectivity index (χ2v) is 6.16. The smallest absolute Gasteiger partial charge is 0.215 e. The Morgan fingerprint density at radius 2 is 1.75 bits per heavy atom. The van der Waals surface area contributed by atoms with Crippen molar-refractivity contribution in [3.05, 3.63) is 30.3 Å². The van der Waals surface area contributed by atoms with E-state index in [0.717, 1.165) is 12.2 Å². The molecule has 1 aliphatic rings. The molecule has 1 fully saturated rings. The summed E-state index contributed by atoms with van der Waals surface area (Å²) in [4.78, 5) is 2.11. The fourth-order valence-corrected chi connectivity index (χ4v) is 2.91. The quantitative estimate of drug-likeness (QED) is 0.728. The van der Waals surface area contributed by atoms with E-state index in [9.17, 15) is 8.42 Å². The van der Waals surface area contributed by atoms with E-state index in [4.69, 9.17) is 0 Å². The van der Waals surface area contributed by atoms with Crippen LogP contribution in [0.3, 0.4) is 0 Å². The Morgan fingerprint density at radius 3 is 2.44 bits per heavy atom. The number of rotatable bonds is 1. The molecule has 0 N–H and O–H groups in total. The topological polar surface area (TPSA) is 40.6 Å². The van der Waals surface area contributed by atoms with E-state index in [0.29, 0.717) is 13.1 Å². The first-order chi connectivity index (χ1) is 7.59. The normalized spacial score (nSPS) is 21.7. The van der Waals surface area contributed by atoms with Crippen molar-refractivity contribution in [3.63, 3.8) is 0 Å². The summed E-state index contributed by atoms with van der Waals surface area (Å²) in [5, 5.41) is 0. The minimum Gasteiger partial charge on any atom is -0.369 e. The molecule has 5 heteroatoms. The van der Waals surface area contributed by atoms with E-state index in [1.54, 1.807) is 7.05 Å². The molecule has 1 heterocycles. The standard InChI is InChI=1S/C11H16N2O2S/c1-12-7-8-13(9-10-16(12,14)15)11-5-3-2-4-6-11/h2-6H,7-10H2,1H3. The Kier molecular flexibility index (Phi) is 3.16. The van der Waals surface area contributed by atoms with Crippen LogP contribution in [0.25, 0.3) is 0 Å². The molecule has 0 aliphatic carbocycles. The first kappa shape index (κ1) is 11.4. The van der Waals surface area contributed by atoms with Gasteiger partial charge in [0.25, 0.3) is 0 Å². The molecule has 0 spiro atoms. The molecule has 1 aromatic carbocycles. The molecule has 0 aromatic heterocycles. The molecule has 16 heavy (non-hydrogen) atoms. The van der Waals surface area contributed by atoms with Crippen LogP contribution in [0.4, 0.5) is 5.69 Å². The SMILES string of the molecule is CN1CCN(c2ccccc2)CCS1(=O)=O. The molecule has 0 atom stereocenters. The first-order valence-corrected chi connectivity index (χ1v) is 6.94. The van der Waals surface area contributed by atoms with Crippen molar-refractivity contribution >= 4 is 15.7 Å². The summed E-state index contributed by atoms with van der Waals surface area (Å²) in [6, 6.07) is 9.93. The lowest BCUT2D eigenvalue weighted by Gasteiger charge is -2.21. The van der Waals surface area contributed by atoms with Gasteiger partial charge in [0.05, 0.1) is 5.75 Å². The van der Waals surface area contributed by atoms with Crippen LogP contribution < -0.4 is 4.90 Å². The number of sulfonamides is 1. The summed E-state index contributed by atoms with van der Waals surface area (Å²) < 4.78 is 24.8. The highest BCUT2D eigenvalue weighted by molar-refractivity contribution is 7.89. The lowest BCUT2D eigenvalue weighted by atomic mass is 10.3. The average Bonchev–Trinajstić information content (AvgIpc) is 2.41. The lowest BCUT2D eigenvalue weighted by molar-refractivity contribution is 0.484. The van der Waals surface area contributed by atoms with Crippen LogP contribution >= 0.6 is 0 Å². The molecule has 4 nitrogen and oxygen atoms in total. The van der Waals surface area contributed by atoms with Crippen LogP contribution in [0.2, 0.25) is 0 Å². The van der Waals surface area contributed by atoms with Crippen LogP contribution in [0.5, 0.6) is 0 Å². The Balaban J connectivity index is 2.16. The first-order valence-electron chi connectivity index (χ1n) is 5.33. The zero-order chi connectivity index (χ0) is 11.6. The molecule has 2 rings (SSSR count). The molecule has 1 aliphatic heterocycles. The van der Waals surface area contributed by atoms with Crippen molar-refractivity contribution in [2.75, 3.05) is 37.3 Å². The zero-order valence-electron chi connectivity index (χ0n) is 9.33. The maximum atomic E-state index is 11.7. The van der Waals surface area contributed by atoms with Crippen molar-refractivity contribution in [3.8, 4) is 0 Å². The molecule has 1 aromatic rings. The number of hydrogen-bond donors (Lipinski definition) is 0. The predicted molar refractivity (Wildman–Crippen MR) is 65.1 cm³/mol. The van der Waals surface area contributed by atoms with Gasteiger partial charge in [-0.3, -0.25) is 0 Å². The molecular formula is C11H16N2O2S. The summed E-state index contributed by atoms with van der Waals surface area (Å²) in [5.41, 5.74) is 1.09. The number of benzene rings is 1. The van der Waals surface area contributed by atoms with Gasteiger partial charge in [-0.1, -0.05) is 18.2 Å². The van der Waals surface area contributed by atoms with E-state index in [2.05, 4.69) is 4.90 Å². The third kappa shape index (κ3) is 2.36. The third-order valence-corrected chi connectivity index (χ3v) is 4.73. The molecule has 0 amide bonds. The summed E-state index contributed by atoms with van der Waals surface area (Å²) in [7, 11) is -1.40. The summed E-state index contributed by atoms with van der Waals surface area (Å²) in [6.45, 7) is 1.87. The maximum Gasteiger partial charge on any atom is 0.215 e. The van der Waals surface area contributed by atoms with Crippen LogP contribution in [-0.4, -0.2) is 45.2 Å². The molecule has 0 unspecified atom stereocenters. The Labute approximate surface area is 96.5 Å². The Bertz CT molecular complexity index is 444. The van der Waals surface area contributed by atoms with Gasteiger partial charge >= 0.3 is 0 Å². The van der Waals surface area contributed by atoms with Crippen molar-refractivity contribution in [1.29, 1.82) is 0 Å². The van der Waals surface area contributed by atoms with Gasteiger partial charge in [-0.05, 0) is 12.1 Å². The van der Waals surface area contributed by atoms with Crippen molar-refractivity contribution in [1.82, 2.24) is 4.31 Å². The third-order valence-electron chi connectivity index (χ3n) is 2.90. The predicted octanol–water partition coefficient (Wildman–Crippen LogP) is 0.768. The summed E-state index contributed by atoms with van der Waals surface area (Å²) in [6.07, 6.45) is 0. The van der Waals surface area contributed by atoms with Gasteiger partial charge in [0.15, 0.2) is 0 Å². The van der Waals surface area contributed by atoms with E-state index in [1.807, 2.05) is 30.3 Å². The number of hydrogen-bond acceptors (Lipinski definition) is 3. The van der Waals surface area contributed by atoms with E-state index in [1.165, 1.54) is 4.31 Å². The number of anilines is 1. The molecule has 88 valence electrons. The molecule has 0 radical (unpaired) electrons. The fraction of sp³-hybridized carbons (Fsp3) is 0.455. The van der Waals surface area contributed by atoms with Gasteiger partial charge in [0.1, 0.15) is 0 Å². The summed E-state index contributed by atoms with van der Waals surface area (Å²) >= 11 is 0. The van der Waals surface area contributed by atoms with Gasteiger partial charge in [-0.25, -0.2) is 12.7 Å². The average molecular weight is 240 g/mol. The second kappa shape index (κ2) is 4.43. The van der Waals surface area contributed by atoms with Crippen LogP contribution in [-0.2, 0) is 10.0 Å². The van der Waals surface area contributed by atoms with Gasteiger partial charge in [0.2, 0.25) is 10.0 Å². The van der Waals surface area contributed by atoms with Crippen molar-refractivity contribution in [2.24, 2.45) is 0 Å². The molecule has 0 bridgehead atoms. The monoisotopic (exact) mass is 240 g/mol. The lowest BCUT2D eigenvalue weighted by Crippen LogP contribution is -2.30. The molecule has 1 saturated heterocycles. The maximum absolute atomic E-state index is 11.7. The minimum atomic E-state index is -3.05.